The number of Topliss-reactive ketones (excluding diaryl/α,β-unsaturated/α-hetero) is 1. The SMILES string of the molecule is CC(C)N(CCCO)CC(=O)c1ccc(F)c(F)c1. The Morgan fingerprint density at radius 1 is 1.32 bits per heavy atom. The molecule has 106 valence electrons. The van der Waals surface area contributed by atoms with E-state index in [0.717, 1.165) is 12.1 Å². The van der Waals surface area contributed by atoms with E-state index in [0.29, 0.717) is 13.0 Å². The summed E-state index contributed by atoms with van der Waals surface area (Å²) in [5, 5.41) is 8.81. The molecule has 0 bridgehead atoms. The fourth-order valence-electron chi connectivity index (χ4n) is 1.74. The van der Waals surface area contributed by atoms with Crippen LogP contribution in [0.2, 0.25) is 0 Å². The van der Waals surface area contributed by atoms with E-state index in [9.17, 15) is 13.6 Å². The molecule has 0 radical (unpaired) electrons. The molecule has 0 aliphatic rings. The van der Waals surface area contributed by atoms with Gasteiger partial charge in [-0.15, -0.1) is 0 Å². The van der Waals surface area contributed by atoms with Crippen LogP contribution >= 0.6 is 0 Å². The lowest BCUT2D eigenvalue weighted by atomic mass is 10.1. The summed E-state index contributed by atoms with van der Waals surface area (Å²) in [5.74, 6) is -2.24. The van der Waals surface area contributed by atoms with E-state index in [1.165, 1.54) is 6.07 Å². The van der Waals surface area contributed by atoms with Crippen LogP contribution in [-0.4, -0.2) is 41.5 Å². The van der Waals surface area contributed by atoms with Gasteiger partial charge in [0.05, 0.1) is 6.54 Å². The summed E-state index contributed by atoms with van der Waals surface area (Å²) in [4.78, 5) is 13.9. The van der Waals surface area contributed by atoms with Crippen LogP contribution in [0, 0.1) is 11.6 Å². The highest BCUT2D eigenvalue weighted by molar-refractivity contribution is 5.97. The van der Waals surface area contributed by atoms with E-state index in [1.54, 1.807) is 0 Å². The molecule has 0 aromatic heterocycles. The zero-order valence-electron chi connectivity index (χ0n) is 11.2. The number of aliphatic hydroxyl groups is 1. The minimum atomic E-state index is -1.02. The van der Waals surface area contributed by atoms with Crippen LogP contribution in [0.25, 0.3) is 0 Å². The molecule has 1 aromatic rings. The molecule has 3 nitrogen and oxygen atoms in total. The maximum atomic E-state index is 13.1. The number of ketones is 1. The predicted molar refractivity (Wildman–Crippen MR) is 69.1 cm³/mol. The molecule has 0 unspecified atom stereocenters. The van der Waals surface area contributed by atoms with E-state index >= 15 is 0 Å². The summed E-state index contributed by atoms with van der Waals surface area (Å²) in [6.45, 7) is 4.65. The van der Waals surface area contributed by atoms with Gasteiger partial charge in [-0.05, 0) is 38.5 Å². The summed E-state index contributed by atoms with van der Waals surface area (Å²) >= 11 is 0. The number of rotatable bonds is 7. The molecule has 1 rings (SSSR count). The number of halogens is 2. The van der Waals surface area contributed by atoms with Crippen molar-refractivity contribution in [1.29, 1.82) is 0 Å². The first kappa shape index (κ1) is 15.7. The van der Waals surface area contributed by atoms with Crippen molar-refractivity contribution in [3.63, 3.8) is 0 Å². The first-order valence-corrected chi connectivity index (χ1v) is 6.29. The molecule has 0 aliphatic carbocycles. The van der Waals surface area contributed by atoms with Gasteiger partial charge in [0, 0.05) is 24.8 Å². The lowest BCUT2D eigenvalue weighted by molar-refractivity contribution is 0.0896. The van der Waals surface area contributed by atoms with E-state index in [2.05, 4.69) is 0 Å². The number of hydrogen-bond acceptors (Lipinski definition) is 3. The van der Waals surface area contributed by atoms with Crippen LogP contribution in [0.5, 0.6) is 0 Å². The smallest absolute Gasteiger partial charge is 0.176 e. The van der Waals surface area contributed by atoms with Crippen molar-refractivity contribution in [2.45, 2.75) is 26.3 Å². The highest BCUT2D eigenvalue weighted by Crippen LogP contribution is 2.11. The molecule has 0 spiro atoms. The van der Waals surface area contributed by atoms with Crippen LogP contribution in [0.1, 0.15) is 30.6 Å². The van der Waals surface area contributed by atoms with Crippen molar-refractivity contribution in [3.8, 4) is 0 Å². The number of nitrogens with zero attached hydrogens (tertiary/aromatic N) is 1. The summed E-state index contributed by atoms with van der Waals surface area (Å²) in [7, 11) is 0. The summed E-state index contributed by atoms with van der Waals surface area (Å²) in [6.07, 6.45) is 0.573. The Kier molecular flexibility index (Phi) is 6.05. The molecule has 1 aromatic carbocycles. The van der Waals surface area contributed by atoms with Crippen molar-refractivity contribution in [2.75, 3.05) is 19.7 Å². The Balaban J connectivity index is 2.73. The molecule has 0 heterocycles. The van der Waals surface area contributed by atoms with Gasteiger partial charge in [-0.25, -0.2) is 8.78 Å². The van der Waals surface area contributed by atoms with Crippen LogP contribution in [-0.2, 0) is 0 Å². The number of carbonyl (C=O) groups is 1. The van der Waals surface area contributed by atoms with Crippen LogP contribution in [0.3, 0.4) is 0 Å². The average molecular weight is 271 g/mol. The van der Waals surface area contributed by atoms with Gasteiger partial charge in [-0.3, -0.25) is 9.69 Å². The van der Waals surface area contributed by atoms with Crippen molar-refractivity contribution >= 4 is 5.78 Å². The first-order chi connectivity index (χ1) is 8.95. The van der Waals surface area contributed by atoms with Crippen molar-refractivity contribution in [3.05, 3.63) is 35.4 Å². The van der Waals surface area contributed by atoms with Gasteiger partial charge in [-0.2, -0.15) is 0 Å². The molecule has 1 N–H and O–H groups in total. The van der Waals surface area contributed by atoms with Gasteiger partial charge in [-0.1, -0.05) is 0 Å². The van der Waals surface area contributed by atoms with Gasteiger partial charge in [0.1, 0.15) is 0 Å². The zero-order chi connectivity index (χ0) is 14.4. The second kappa shape index (κ2) is 7.31. The fourth-order valence-corrected chi connectivity index (χ4v) is 1.74. The van der Waals surface area contributed by atoms with E-state index in [-0.39, 0.29) is 30.5 Å². The number of carbonyl (C=O) groups excluding carboxylic acids is 1. The molecular weight excluding hydrogens is 252 g/mol. The Morgan fingerprint density at radius 2 is 2.00 bits per heavy atom. The van der Waals surface area contributed by atoms with Gasteiger partial charge < -0.3 is 5.11 Å². The summed E-state index contributed by atoms with van der Waals surface area (Å²) in [5.41, 5.74) is 0.161. The molecule has 0 amide bonds. The van der Waals surface area contributed by atoms with Crippen LogP contribution < -0.4 is 0 Å². The standard InChI is InChI=1S/C14H19F2NO2/c1-10(2)17(6-3-7-18)9-14(19)11-4-5-12(15)13(16)8-11/h4-5,8,10,18H,3,6-7,9H2,1-2H3. The Hall–Kier alpha value is -1.33. The van der Waals surface area contributed by atoms with Crippen molar-refractivity contribution in [2.24, 2.45) is 0 Å². The molecule has 0 atom stereocenters. The number of benzene rings is 1. The highest BCUT2D eigenvalue weighted by Gasteiger charge is 2.16. The van der Waals surface area contributed by atoms with Gasteiger partial charge in [0.2, 0.25) is 0 Å². The molecule has 0 saturated heterocycles. The Bertz CT molecular complexity index is 435. The van der Waals surface area contributed by atoms with E-state index in [1.807, 2.05) is 18.7 Å². The maximum absolute atomic E-state index is 13.1. The molecule has 0 aliphatic heterocycles. The second-order valence-corrected chi connectivity index (χ2v) is 4.69. The summed E-state index contributed by atoms with van der Waals surface area (Å²) < 4.78 is 25.9. The second-order valence-electron chi connectivity index (χ2n) is 4.69. The minimum Gasteiger partial charge on any atom is -0.396 e. The van der Waals surface area contributed by atoms with Gasteiger partial charge >= 0.3 is 0 Å². The fraction of sp³-hybridized carbons (Fsp3) is 0.500. The zero-order valence-corrected chi connectivity index (χ0v) is 11.2. The Labute approximate surface area is 111 Å². The highest BCUT2D eigenvalue weighted by atomic mass is 19.2. The van der Waals surface area contributed by atoms with Gasteiger partial charge in [0.25, 0.3) is 0 Å². The number of aliphatic hydroxyl groups excluding tert-OH is 1. The lowest BCUT2D eigenvalue weighted by Crippen LogP contribution is -2.36. The van der Waals surface area contributed by atoms with E-state index < -0.39 is 11.6 Å². The predicted octanol–water partition coefficient (Wildman–Crippen LogP) is 2.24. The third-order valence-electron chi connectivity index (χ3n) is 2.92. The topological polar surface area (TPSA) is 40.5 Å². The minimum absolute atomic E-state index is 0.0581. The van der Waals surface area contributed by atoms with Gasteiger partial charge in [0.15, 0.2) is 17.4 Å². The molecule has 0 saturated carbocycles. The lowest BCUT2D eigenvalue weighted by Gasteiger charge is -2.25. The van der Waals surface area contributed by atoms with Crippen molar-refractivity contribution < 1.29 is 18.7 Å². The normalized spacial score (nSPS) is 11.3. The summed E-state index contributed by atoms with van der Waals surface area (Å²) in [6, 6.07) is 3.30. The van der Waals surface area contributed by atoms with Crippen LogP contribution in [0.4, 0.5) is 8.78 Å². The first-order valence-electron chi connectivity index (χ1n) is 6.29. The molecule has 5 heteroatoms. The third-order valence-corrected chi connectivity index (χ3v) is 2.92. The van der Waals surface area contributed by atoms with Crippen molar-refractivity contribution in [1.82, 2.24) is 4.90 Å². The largest absolute Gasteiger partial charge is 0.396 e. The average Bonchev–Trinajstić information content (AvgIpc) is 2.37. The quantitative estimate of drug-likeness (QED) is 0.773. The molecular formula is C14H19F2NO2. The molecule has 0 fully saturated rings. The molecule has 19 heavy (non-hydrogen) atoms. The van der Waals surface area contributed by atoms with E-state index in [4.69, 9.17) is 5.11 Å². The number of hydrogen-bond donors (Lipinski definition) is 1. The Morgan fingerprint density at radius 3 is 2.53 bits per heavy atom. The third kappa shape index (κ3) is 4.69. The monoisotopic (exact) mass is 271 g/mol. The van der Waals surface area contributed by atoms with Crippen LogP contribution in [0.15, 0.2) is 18.2 Å². The maximum Gasteiger partial charge on any atom is 0.176 e.